The Labute approximate surface area is 203 Å². The molecule has 3 aromatic rings. The van der Waals surface area contributed by atoms with Gasteiger partial charge >= 0.3 is 0 Å². The van der Waals surface area contributed by atoms with Crippen molar-refractivity contribution in [2.24, 2.45) is 0 Å². The number of nitrogens with zero attached hydrogens (tertiary/aromatic N) is 1. The Bertz CT molecular complexity index is 1220. The number of carbonyl (C=O) groups is 1. The lowest BCUT2D eigenvalue weighted by Gasteiger charge is -2.26. The molecule has 0 fully saturated rings. The zero-order valence-electron chi connectivity index (χ0n) is 18.8. The molecule has 0 radical (unpaired) electrons. The molecule has 3 rings (SSSR count). The summed E-state index contributed by atoms with van der Waals surface area (Å²) in [5.41, 5.74) is 2.30. The minimum absolute atomic E-state index is 0.121. The van der Waals surface area contributed by atoms with Crippen LogP contribution in [0, 0.1) is 6.92 Å². The maximum absolute atomic E-state index is 13.4. The molecule has 1 amide bonds. The summed E-state index contributed by atoms with van der Waals surface area (Å²) in [7, 11) is -2.34. The molecule has 8 heteroatoms. The van der Waals surface area contributed by atoms with Crippen molar-refractivity contribution >= 4 is 37.5 Å². The number of benzene rings is 3. The first-order valence-corrected chi connectivity index (χ1v) is 12.8. The van der Waals surface area contributed by atoms with E-state index >= 15 is 0 Å². The molecule has 0 unspecified atom stereocenters. The molecule has 33 heavy (non-hydrogen) atoms. The molecule has 0 saturated carbocycles. The lowest BCUT2D eigenvalue weighted by atomic mass is 10.0. The van der Waals surface area contributed by atoms with Crippen molar-refractivity contribution in [2.45, 2.75) is 31.2 Å². The van der Waals surface area contributed by atoms with Crippen LogP contribution in [-0.4, -0.2) is 28.0 Å². The number of carbonyl (C=O) groups excluding carboxylic acids is 1. The second-order valence-electron chi connectivity index (χ2n) is 7.56. The largest absolute Gasteiger partial charge is 0.496 e. The van der Waals surface area contributed by atoms with Gasteiger partial charge < -0.3 is 10.1 Å². The molecule has 1 N–H and O–H groups in total. The summed E-state index contributed by atoms with van der Waals surface area (Å²) >= 11 is 3.39. The molecule has 0 aromatic heterocycles. The van der Waals surface area contributed by atoms with E-state index in [4.69, 9.17) is 4.74 Å². The number of ether oxygens (including phenoxy) is 1. The quantitative estimate of drug-likeness (QED) is 0.411. The third-order valence-electron chi connectivity index (χ3n) is 5.28. The fourth-order valence-corrected chi connectivity index (χ4v) is 5.40. The highest BCUT2D eigenvalue weighted by molar-refractivity contribution is 9.10. The van der Waals surface area contributed by atoms with Gasteiger partial charge in [-0.15, -0.1) is 0 Å². The summed E-state index contributed by atoms with van der Waals surface area (Å²) in [6.07, 6.45) is 0.653. The minimum atomic E-state index is -3.95. The average Bonchev–Trinajstić information content (AvgIpc) is 2.81. The van der Waals surface area contributed by atoms with Gasteiger partial charge in [-0.05, 0) is 60.9 Å². The van der Waals surface area contributed by atoms with Gasteiger partial charge in [-0.25, -0.2) is 8.42 Å². The topological polar surface area (TPSA) is 75.7 Å². The third-order valence-corrected chi connectivity index (χ3v) is 7.56. The second kappa shape index (κ2) is 10.9. The van der Waals surface area contributed by atoms with E-state index in [9.17, 15) is 13.2 Å². The molecule has 0 aliphatic rings. The van der Waals surface area contributed by atoms with Crippen LogP contribution in [0.2, 0.25) is 0 Å². The number of amides is 1. The first kappa shape index (κ1) is 24.8. The predicted octanol–water partition coefficient (Wildman–Crippen LogP) is 5.23. The Kier molecular flexibility index (Phi) is 8.15. The van der Waals surface area contributed by atoms with E-state index in [1.54, 1.807) is 49.6 Å². The minimum Gasteiger partial charge on any atom is -0.496 e. The van der Waals surface area contributed by atoms with Crippen LogP contribution in [0.25, 0.3) is 0 Å². The number of methoxy groups -OCH3 is 1. The fraction of sp³-hybridized carbons (Fsp3) is 0.240. The van der Waals surface area contributed by atoms with Crippen LogP contribution >= 0.6 is 15.9 Å². The number of nitrogens with one attached hydrogen (secondary N) is 1. The zero-order chi connectivity index (χ0) is 24.0. The summed E-state index contributed by atoms with van der Waals surface area (Å²) < 4.78 is 34.0. The Morgan fingerprint density at radius 1 is 1.06 bits per heavy atom. The summed E-state index contributed by atoms with van der Waals surface area (Å²) in [4.78, 5) is 13.2. The third kappa shape index (κ3) is 5.94. The van der Waals surface area contributed by atoms with Gasteiger partial charge in [0.15, 0.2) is 0 Å². The summed E-state index contributed by atoms with van der Waals surface area (Å²) in [5.74, 6) is 0.379. The van der Waals surface area contributed by atoms with Crippen LogP contribution in [0.3, 0.4) is 0 Å². The van der Waals surface area contributed by atoms with Gasteiger partial charge in [0.1, 0.15) is 12.3 Å². The van der Waals surface area contributed by atoms with E-state index < -0.39 is 15.9 Å². The maximum Gasteiger partial charge on any atom is 0.264 e. The average molecular weight is 531 g/mol. The maximum atomic E-state index is 13.4. The van der Waals surface area contributed by atoms with Crippen LogP contribution in [0.1, 0.15) is 30.5 Å². The first-order valence-electron chi connectivity index (χ1n) is 10.5. The van der Waals surface area contributed by atoms with Crippen molar-refractivity contribution < 1.29 is 17.9 Å². The molecule has 0 aliphatic heterocycles. The van der Waals surface area contributed by atoms with Gasteiger partial charge in [-0.2, -0.15) is 0 Å². The van der Waals surface area contributed by atoms with Crippen molar-refractivity contribution in [3.8, 4) is 5.75 Å². The smallest absolute Gasteiger partial charge is 0.264 e. The lowest BCUT2D eigenvalue weighted by Crippen LogP contribution is -2.42. The predicted molar refractivity (Wildman–Crippen MR) is 134 cm³/mol. The second-order valence-corrected chi connectivity index (χ2v) is 10.3. The van der Waals surface area contributed by atoms with Gasteiger partial charge in [0, 0.05) is 4.47 Å². The molecule has 0 saturated heterocycles. The number of hydrogen-bond acceptors (Lipinski definition) is 4. The molecular weight excluding hydrogens is 504 g/mol. The molecule has 0 spiro atoms. The molecular formula is C25H27BrN2O4S. The highest BCUT2D eigenvalue weighted by Gasteiger charge is 2.28. The van der Waals surface area contributed by atoms with Crippen molar-refractivity contribution in [3.05, 3.63) is 88.4 Å². The summed E-state index contributed by atoms with van der Waals surface area (Å²) in [6, 6.07) is 20.5. The molecule has 0 aliphatic carbocycles. The number of halogens is 1. The summed E-state index contributed by atoms with van der Waals surface area (Å²) in [6.45, 7) is 3.56. The number of anilines is 1. The van der Waals surface area contributed by atoms with Crippen LogP contribution in [0.4, 0.5) is 5.69 Å². The Morgan fingerprint density at radius 3 is 2.39 bits per heavy atom. The van der Waals surface area contributed by atoms with E-state index in [0.29, 0.717) is 16.6 Å². The Hall–Kier alpha value is -2.84. The molecule has 3 aromatic carbocycles. The molecule has 6 nitrogen and oxygen atoms in total. The highest BCUT2D eigenvalue weighted by Crippen LogP contribution is 2.27. The van der Waals surface area contributed by atoms with Gasteiger partial charge in [-0.1, -0.05) is 59.3 Å². The number of hydrogen-bond donors (Lipinski definition) is 1. The molecule has 1 atom stereocenters. The lowest BCUT2D eigenvalue weighted by molar-refractivity contribution is -0.120. The molecule has 0 bridgehead atoms. The van der Waals surface area contributed by atoms with Crippen LogP contribution in [0.5, 0.6) is 5.75 Å². The summed E-state index contributed by atoms with van der Waals surface area (Å²) in [5, 5.41) is 2.99. The Morgan fingerprint density at radius 2 is 1.79 bits per heavy atom. The number of aryl methyl sites for hydroxylation is 1. The van der Waals surface area contributed by atoms with Crippen LogP contribution in [-0.2, 0) is 14.8 Å². The van der Waals surface area contributed by atoms with E-state index in [0.717, 1.165) is 21.2 Å². The van der Waals surface area contributed by atoms with E-state index in [1.165, 1.54) is 12.1 Å². The van der Waals surface area contributed by atoms with Crippen molar-refractivity contribution in [1.82, 2.24) is 5.32 Å². The number of rotatable bonds is 9. The normalized spacial score (nSPS) is 12.1. The van der Waals surface area contributed by atoms with Gasteiger partial charge in [0.2, 0.25) is 5.91 Å². The first-order chi connectivity index (χ1) is 15.8. The van der Waals surface area contributed by atoms with E-state index in [2.05, 4.69) is 21.2 Å². The fourth-order valence-electron chi connectivity index (χ4n) is 3.58. The van der Waals surface area contributed by atoms with Crippen LogP contribution in [0.15, 0.2) is 82.2 Å². The van der Waals surface area contributed by atoms with Gasteiger partial charge in [0.05, 0.1) is 23.7 Å². The Balaban J connectivity index is 1.89. The van der Waals surface area contributed by atoms with E-state index in [1.807, 2.05) is 32.0 Å². The molecule has 174 valence electrons. The van der Waals surface area contributed by atoms with Gasteiger partial charge in [0.25, 0.3) is 10.0 Å². The monoisotopic (exact) mass is 530 g/mol. The van der Waals surface area contributed by atoms with Gasteiger partial charge in [-0.3, -0.25) is 9.10 Å². The van der Waals surface area contributed by atoms with Crippen molar-refractivity contribution in [3.63, 3.8) is 0 Å². The van der Waals surface area contributed by atoms with Crippen molar-refractivity contribution in [1.29, 1.82) is 0 Å². The standard InChI is InChI=1S/C25H27BrN2O4S/c1-4-23(19-13-14-24(32-3)18(2)15-19)27-25(29)17-28(21-10-8-9-20(26)16-21)33(30,31)22-11-6-5-7-12-22/h5-16,23H,4,17H2,1-3H3,(H,27,29)/t23-/m1/s1. The SMILES string of the molecule is CC[C@@H](NC(=O)CN(c1cccc(Br)c1)S(=O)(=O)c1ccccc1)c1ccc(OC)c(C)c1. The van der Waals surface area contributed by atoms with Crippen LogP contribution < -0.4 is 14.4 Å². The van der Waals surface area contributed by atoms with E-state index in [-0.39, 0.29) is 17.5 Å². The highest BCUT2D eigenvalue weighted by atomic mass is 79.9. The zero-order valence-corrected chi connectivity index (χ0v) is 21.2. The number of sulfonamides is 1. The van der Waals surface area contributed by atoms with Crippen molar-refractivity contribution in [2.75, 3.05) is 18.0 Å². The molecule has 0 heterocycles.